The van der Waals surface area contributed by atoms with Gasteiger partial charge in [-0.15, -0.1) is 11.3 Å². The lowest BCUT2D eigenvalue weighted by atomic mass is 10.2. The number of primary amides is 1. The lowest BCUT2D eigenvalue weighted by Gasteiger charge is -2.25. The predicted octanol–water partition coefficient (Wildman–Crippen LogP) is 0.826. The second-order valence-corrected chi connectivity index (χ2v) is 8.91. The smallest absolute Gasteiger partial charge is 0.256 e. The number of aromatic hydroxyl groups is 1. The van der Waals surface area contributed by atoms with E-state index in [1.807, 2.05) is 0 Å². The Morgan fingerprint density at radius 1 is 1.22 bits per heavy atom. The van der Waals surface area contributed by atoms with Crippen molar-refractivity contribution in [1.29, 1.82) is 0 Å². The number of amides is 2. The summed E-state index contributed by atoms with van der Waals surface area (Å²) in [7, 11) is -3.83. The van der Waals surface area contributed by atoms with Crippen molar-refractivity contribution in [3.05, 3.63) is 41.5 Å². The van der Waals surface area contributed by atoms with Crippen molar-refractivity contribution >= 4 is 38.2 Å². The van der Waals surface area contributed by atoms with Crippen LogP contribution in [0.2, 0.25) is 0 Å². The van der Waals surface area contributed by atoms with Crippen LogP contribution < -0.4 is 11.1 Å². The third-order valence-electron chi connectivity index (χ3n) is 3.87. The van der Waals surface area contributed by atoms with Crippen molar-refractivity contribution in [1.82, 2.24) is 4.31 Å². The molecule has 144 valence electrons. The quantitative estimate of drug-likeness (QED) is 0.666. The van der Waals surface area contributed by atoms with Crippen LogP contribution in [0.4, 0.5) is 5.00 Å². The van der Waals surface area contributed by atoms with E-state index in [1.54, 1.807) is 0 Å². The number of thiophene rings is 1. The Morgan fingerprint density at radius 2 is 1.93 bits per heavy atom. The molecule has 27 heavy (non-hydrogen) atoms. The van der Waals surface area contributed by atoms with E-state index in [-0.39, 0.29) is 52.4 Å². The number of hydrogen-bond acceptors (Lipinski definition) is 7. The highest BCUT2D eigenvalue weighted by molar-refractivity contribution is 7.91. The molecular formula is C16H17N3O6S2. The van der Waals surface area contributed by atoms with Gasteiger partial charge in [-0.2, -0.15) is 4.31 Å². The summed E-state index contributed by atoms with van der Waals surface area (Å²) in [5.41, 5.74) is 5.39. The van der Waals surface area contributed by atoms with Crippen molar-refractivity contribution in [2.75, 3.05) is 31.6 Å². The van der Waals surface area contributed by atoms with Crippen molar-refractivity contribution < 1.29 is 27.9 Å². The lowest BCUT2D eigenvalue weighted by molar-refractivity contribution is 0.0731. The summed E-state index contributed by atoms with van der Waals surface area (Å²) < 4.78 is 31.8. The molecule has 9 nitrogen and oxygen atoms in total. The number of sulfonamides is 1. The van der Waals surface area contributed by atoms with Crippen LogP contribution in [0.25, 0.3) is 0 Å². The molecule has 4 N–H and O–H groups in total. The zero-order valence-electron chi connectivity index (χ0n) is 14.0. The van der Waals surface area contributed by atoms with Gasteiger partial charge in [0.15, 0.2) is 0 Å². The highest BCUT2D eigenvalue weighted by Gasteiger charge is 2.30. The van der Waals surface area contributed by atoms with Gasteiger partial charge in [-0.3, -0.25) is 9.59 Å². The molecule has 1 fully saturated rings. The molecule has 0 unspecified atom stereocenters. The molecule has 3 rings (SSSR count). The van der Waals surface area contributed by atoms with Crippen LogP contribution in [-0.4, -0.2) is 55.9 Å². The molecule has 0 saturated carbocycles. The SMILES string of the molecule is NC(=O)c1cc(S(=O)(=O)N2CCOCC2)sc1NC(=O)c1cccc(O)c1. The Kier molecular flexibility index (Phi) is 5.46. The van der Waals surface area contributed by atoms with Crippen LogP contribution in [0, 0.1) is 0 Å². The molecule has 1 aromatic carbocycles. The maximum atomic E-state index is 12.8. The van der Waals surface area contributed by atoms with Gasteiger partial charge < -0.3 is 20.9 Å². The van der Waals surface area contributed by atoms with E-state index in [4.69, 9.17) is 10.5 Å². The third kappa shape index (κ3) is 4.11. The van der Waals surface area contributed by atoms with Gasteiger partial charge >= 0.3 is 0 Å². The van der Waals surface area contributed by atoms with Crippen LogP contribution in [0.5, 0.6) is 5.75 Å². The van der Waals surface area contributed by atoms with E-state index in [0.717, 1.165) is 17.4 Å². The van der Waals surface area contributed by atoms with Gasteiger partial charge in [0.05, 0.1) is 18.8 Å². The molecular weight excluding hydrogens is 394 g/mol. The second-order valence-electron chi connectivity index (χ2n) is 5.69. The molecule has 2 heterocycles. The number of rotatable bonds is 5. The molecule has 0 bridgehead atoms. The van der Waals surface area contributed by atoms with Crippen molar-refractivity contribution in [3.63, 3.8) is 0 Å². The molecule has 0 spiro atoms. The summed E-state index contributed by atoms with van der Waals surface area (Å²) >= 11 is 0.750. The average molecular weight is 411 g/mol. The van der Waals surface area contributed by atoms with E-state index in [9.17, 15) is 23.1 Å². The fourth-order valence-corrected chi connectivity index (χ4v) is 5.44. The Bertz CT molecular complexity index is 980. The molecule has 1 aliphatic rings. The number of morpholine rings is 1. The number of nitrogens with two attached hydrogens (primary N) is 1. The summed E-state index contributed by atoms with van der Waals surface area (Å²) in [6.07, 6.45) is 0. The standard InChI is InChI=1S/C16H17N3O6S2/c17-14(21)12-9-13(27(23,24)19-4-6-25-7-5-19)26-16(12)18-15(22)10-2-1-3-11(20)8-10/h1-3,8-9,20H,4-7H2,(H2,17,21)(H,18,22). The highest BCUT2D eigenvalue weighted by Crippen LogP contribution is 2.33. The van der Waals surface area contributed by atoms with Crippen molar-refractivity contribution in [2.45, 2.75) is 4.21 Å². The van der Waals surface area contributed by atoms with E-state index in [0.29, 0.717) is 0 Å². The molecule has 0 aliphatic carbocycles. The number of phenolic OH excluding ortho intramolecular Hbond substituents is 1. The maximum Gasteiger partial charge on any atom is 0.256 e. The molecule has 0 radical (unpaired) electrons. The average Bonchev–Trinajstić information content (AvgIpc) is 3.07. The minimum atomic E-state index is -3.83. The minimum absolute atomic E-state index is 0.0303. The Balaban J connectivity index is 1.91. The van der Waals surface area contributed by atoms with Crippen LogP contribution >= 0.6 is 11.3 Å². The fraction of sp³-hybridized carbons (Fsp3) is 0.250. The van der Waals surface area contributed by atoms with Gasteiger partial charge in [-0.1, -0.05) is 6.07 Å². The number of nitrogens with one attached hydrogen (secondary N) is 1. The zero-order chi connectivity index (χ0) is 19.6. The first-order chi connectivity index (χ1) is 12.8. The molecule has 2 aromatic rings. The van der Waals surface area contributed by atoms with E-state index in [2.05, 4.69) is 5.32 Å². The van der Waals surface area contributed by atoms with E-state index in [1.165, 1.54) is 28.6 Å². The van der Waals surface area contributed by atoms with Crippen molar-refractivity contribution in [2.24, 2.45) is 5.73 Å². The van der Waals surface area contributed by atoms with Crippen molar-refractivity contribution in [3.8, 4) is 5.75 Å². The topological polar surface area (TPSA) is 139 Å². The minimum Gasteiger partial charge on any atom is -0.508 e. The first-order valence-corrected chi connectivity index (χ1v) is 10.2. The Hall–Kier alpha value is -2.47. The van der Waals surface area contributed by atoms with E-state index < -0.39 is 21.8 Å². The Labute approximate surface area is 159 Å². The van der Waals surface area contributed by atoms with Gasteiger partial charge in [0.25, 0.3) is 21.8 Å². The van der Waals surface area contributed by atoms with Crippen LogP contribution in [0.3, 0.4) is 0 Å². The molecule has 1 saturated heterocycles. The molecule has 0 atom stereocenters. The number of phenols is 1. The summed E-state index contributed by atoms with van der Waals surface area (Å²) in [4.78, 5) is 24.1. The molecule has 11 heteroatoms. The lowest BCUT2D eigenvalue weighted by Crippen LogP contribution is -2.40. The third-order valence-corrected chi connectivity index (χ3v) is 7.27. The van der Waals surface area contributed by atoms with Crippen LogP contribution in [0.1, 0.15) is 20.7 Å². The van der Waals surface area contributed by atoms with Crippen LogP contribution in [0.15, 0.2) is 34.5 Å². The number of ether oxygens (including phenoxy) is 1. The largest absolute Gasteiger partial charge is 0.508 e. The van der Waals surface area contributed by atoms with Crippen LogP contribution in [-0.2, 0) is 14.8 Å². The number of anilines is 1. The zero-order valence-corrected chi connectivity index (χ0v) is 15.7. The van der Waals surface area contributed by atoms with Gasteiger partial charge in [0.1, 0.15) is 15.0 Å². The summed E-state index contributed by atoms with van der Waals surface area (Å²) in [6, 6.07) is 6.78. The van der Waals surface area contributed by atoms with Gasteiger partial charge in [0, 0.05) is 18.7 Å². The first-order valence-electron chi connectivity index (χ1n) is 7.91. The summed E-state index contributed by atoms with van der Waals surface area (Å²) in [6.45, 7) is 0.983. The second kappa shape index (κ2) is 7.64. The predicted molar refractivity (Wildman–Crippen MR) is 98.5 cm³/mol. The maximum absolute atomic E-state index is 12.8. The monoisotopic (exact) mass is 411 g/mol. The summed E-state index contributed by atoms with van der Waals surface area (Å²) in [5.74, 6) is -1.56. The van der Waals surface area contributed by atoms with Gasteiger partial charge in [-0.25, -0.2) is 8.42 Å². The van der Waals surface area contributed by atoms with Gasteiger partial charge in [0.2, 0.25) is 0 Å². The molecule has 1 aromatic heterocycles. The molecule has 1 aliphatic heterocycles. The number of nitrogens with zero attached hydrogens (tertiary/aromatic N) is 1. The van der Waals surface area contributed by atoms with Gasteiger partial charge in [-0.05, 0) is 24.3 Å². The number of benzene rings is 1. The number of carbonyl (C=O) groups excluding carboxylic acids is 2. The molecule has 2 amide bonds. The number of hydrogen-bond donors (Lipinski definition) is 3. The fourth-order valence-electron chi connectivity index (χ4n) is 2.51. The number of carbonyl (C=O) groups is 2. The Morgan fingerprint density at radius 3 is 2.56 bits per heavy atom. The highest BCUT2D eigenvalue weighted by atomic mass is 32.2. The summed E-state index contributed by atoms with van der Waals surface area (Å²) in [5, 5.41) is 12.0. The first kappa shape index (κ1) is 19.3. The van der Waals surface area contributed by atoms with E-state index >= 15 is 0 Å². The normalized spacial score (nSPS) is 15.4.